The van der Waals surface area contributed by atoms with Crippen LogP contribution >= 0.6 is 11.3 Å². The zero-order valence-corrected chi connectivity index (χ0v) is 12.8. The van der Waals surface area contributed by atoms with E-state index in [9.17, 15) is 0 Å². The smallest absolute Gasteiger partial charge is 0.125 e. The summed E-state index contributed by atoms with van der Waals surface area (Å²) in [6.45, 7) is 3.47. The normalized spacial score (nSPS) is 35.7. The minimum atomic E-state index is -0.103. The Morgan fingerprint density at radius 3 is 2.79 bits per heavy atom. The first kappa shape index (κ1) is 13.5. The minimum absolute atomic E-state index is 0.103. The molecule has 0 spiro atoms. The van der Waals surface area contributed by atoms with Gasteiger partial charge in [0.05, 0.1) is 11.7 Å². The lowest BCUT2D eigenvalue weighted by molar-refractivity contribution is -0.0532. The summed E-state index contributed by atoms with van der Waals surface area (Å²) in [4.78, 5) is 4.91. The monoisotopic (exact) mass is 280 g/mol. The summed E-state index contributed by atoms with van der Waals surface area (Å²) in [6, 6.07) is 0.474. The Morgan fingerprint density at radius 1 is 1.37 bits per heavy atom. The molecule has 1 aromatic rings. The number of nitrogens with one attached hydrogen (secondary N) is 1. The van der Waals surface area contributed by atoms with E-state index in [1.54, 1.807) is 11.3 Å². The molecule has 3 nitrogen and oxygen atoms in total. The van der Waals surface area contributed by atoms with Crippen molar-refractivity contribution in [3.8, 4) is 0 Å². The molecule has 4 heteroatoms. The lowest BCUT2D eigenvalue weighted by Crippen LogP contribution is -2.33. The van der Waals surface area contributed by atoms with E-state index in [-0.39, 0.29) is 5.60 Å². The van der Waals surface area contributed by atoms with Gasteiger partial charge in [-0.05, 0) is 51.0 Å². The van der Waals surface area contributed by atoms with Gasteiger partial charge in [-0.25, -0.2) is 4.98 Å². The van der Waals surface area contributed by atoms with E-state index in [2.05, 4.69) is 17.6 Å². The second-order valence-electron chi connectivity index (χ2n) is 6.11. The molecular weight excluding hydrogens is 256 g/mol. The molecule has 1 aromatic heterocycles. The van der Waals surface area contributed by atoms with E-state index in [0.717, 1.165) is 25.3 Å². The van der Waals surface area contributed by atoms with Crippen LogP contribution in [-0.4, -0.2) is 18.6 Å². The van der Waals surface area contributed by atoms with Crippen LogP contribution in [0, 0.1) is 5.92 Å². The van der Waals surface area contributed by atoms with Gasteiger partial charge in [0, 0.05) is 12.5 Å². The Kier molecular flexibility index (Phi) is 3.92. The summed E-state index contributed by atoms with van der Waals surface area (Å²) in [6.07, 6.45) is 7.24. The molecule has 1 aliphatic heterocycles. The third-order valence-electron chi connectivity index (χ3n) is 4.80. The maximum Gasteiger partial charge on any atom is 0.125 e. The summed E-state index contributed by atoms with van der Waals surface area (Å²) < 4.78 is 5.92. The molecule has 0 radical (unpaired) electrons. The molecule has 106 valence electrons. The van der Waals surface area contributed by atoms with Gasteiger partial charge in [-0.3, -0.25) is 0 Å². The van der Waals surface area contributed by atoms with Crippen molar-refractivity contribution in [3.63, 3.8) is 0 Å². The zero-order valence-electron chi connectivity index (χ0n) is 11.9. The molecule has 2 aliphatic rings. The summed E-state index contributed by atoms with van der Waals surface area (Å²) in [5.74, 6) is 0.833. The average Bonchev–Trinajstić information content (AvgIpc) is 3.11. The molecule has 2 fully saturated rings. The van der Waals surface area contributed by atoms with Crippen molar-refractivity contribution in [3.05, 3.63) is 16.1 Å². The van der Waals surface area contributed by atoms with E-state index in [4.69, 9.17) is 9.72 Å². The topological polar surface area (TPSA) is 34.1 Å². The van der Waals surface area contributed by atoms with Crippen molar-refractivity contribution in [1.82, 2.24) is 10.3 Å². The quantitative estimate of drug-likeness (QED) is 0.918. The second kappa shape index (κ2) is 5.51. The number of hydrogen-bond acceptors (Lipinski definition) is 4. The van der Waals surface area contributed by atoms with Gasteiger partial charge in [-0.15, -0.1) is 11.3 Å². The molecule has 1 N–H and O–H groups in total. The molecule has 1 atom stereocenters. The number of hydrogen-bond donors (Lipinski definition) is 1. The number of nitrogens with zero attached hydrogens (tertiary/aromatic N) is 1. The minimum Gasteiger partial charge on any atom is -0.371 e. The molecule has 19 heavy (non-hydrogen) atoms. The van der Waals surface area contributed by atoms with Gasteiger partial charge in [0.1, 0.15) is 10.6 Å². The van der Waals surface area contributed by atoms with Crippen molar-refractivity contribution in [2.75, 3.05) is 13.7 Å². The summed E-state index contributed by atoms with van der Waals surface area (Å²) >= 11 is 1.79. The van der Waals surface area contributed by atoms with Crippen LogP contribution in [-0.2, 0) is 10.3 Å². The number of ether oxygens (including phenoxy) is 1. The second-order valence-corrected chi connectivity index (χ2v) is 6.97. The standard InChI is InChI=1S/C15H24N2OS/c1-11-5-7-15(18-2,8-6-11)14-17-13(10-19-14)12-4-3-9-16-12/h10-12,16H,3-9H2,1-2H3. The van der Waals surface area contributed by atoms with Crippen LogP contribution in [0.5, 0.6) is 0 Å². The first-order chi connectivity index (χ1) is 9.23. The van der Waals surface area contributed by atoms with Crippen LogP contribution in [0.15, 0.2) is 5.38 Å². The van der Waals surface area contributed by atoms with Crippen LogP contribution in [0.3, 0.4) is 0 Å². The van der Waals surface area contributed by atoms with Gasteiger partial charge in [0.25, 0.3) is 0 Å². The summed E-state index contributed by atoms with van der Waals surface area (Å²) in [5, 5.41) is 6.96. The Labute approximate surface area is 119 Å². The first-order valence-electron chi connectivity index (χ1n) is 7.48. The molecule has 1 saturated carbocycles. The van der Waals surface area contributed by atoms with Crippen molar-refractivity contribution in [1.29, 1.82) is 0 Å². The van der Waals surface area contributed by atoms with Crippen LogP contribution < -0.4 is 5.32 Å². The highest BCUT2D eigenvalue weighted by atomic mass is 32.1. The summed E-state index contributed by atoms with van der Waals surface area (Å²) in [7, 11) is 1.85. The Bertz CT molecular complexity index is 418. The van der Waals surface area contributed by atoms with Crippen LogP contribution in [0.2, 0.25) is 0 Å². The first-order valence-corrected chi connectivity index (χ1v) is 8.36. The van der Waals surface area contributed by atoms with E-state index < -0.39 is 0 Å². The highest BCUT2D eigenvalue weighted by Crippen LogP contribution is 2.43. The fourth-order valence-corrected chi connectivity index (χ4v) is 4.44. The van der Waals surface area contributed by atoms with Crippen molar-refractivity contribution >= 4 is 11.3 Å². The Balaban J connectivity index is 1.79. The van der Waals surface area contributed by atoms with Crippen molar-refractivity contribution < 1.29 is 4.74 Å². The third-order valence-corrected chi connectivity index (χ3v) is 5.85. The van der Waals surface area contributed by atoms with Gasteiger partial charge in [0.15, 0.2) is 0 Å². The predicted octanol–water partition coefficient (Wildman–Crippen LogP) is 3.62. The number of rotatable bonds is 3. The van der Waals surface area contributed by atoms with Crippen molar-refractivity contribution in [2.24, 2.45) is 5.92 Å². The molecule has 1 saturated heterocycles. The molecule has 0 amide bonds. The highest BCUT2D eigenvalue weighted by molar-refractivity contribution is 7.09. The van der Waals surface area contributed by atoms with Crippen LogP contribution in [0.25, 0.3) is 0 Å². The fraction of sp³-hybridized carbons (Fsp3) is 0.800. The zero-order chi connectivity index (χ0) is 13.3. The molecule has 1 aliphatic carbocycles. The van der Waals surface area contributed by atoms with Gasteiger partial charge in [0.2, 0.25) is 0 Å². The van der Waals surface area contributed by atoms with Crippen LogP contribution in [0.4, 0.5) is 0 Å². The molecule has 1 unspecified atom stereocenters. The Hall–Kier alpha value is -0.450. The third kappa shape index (κ3) is 2.58. The highest BCUT2D eigenvalue weighted by Gasteiger charge is 2.39. The van der Waals surface area contributed by atoms with E-state index in [1.807, 2.05) is 7.11 Å². The number of aromatic nitrogens is 1. The number of thiazole rings is 1. The van der Waals surface area contributed by atoms with Gasteiger partial charge in [-0.1, -0.05) is 6.92 Å². The molecule has 3 rings (SSSR count). The Morgan fingerprint density at radius 2 is 2.16 bits per heavy atom. The largest absolute Gasteiger partial charge is 0.371 e. The molecule has 2 heterocycles. The maximum atomic E-state index is 5.92. The maximum absolute atomic E-state index is 5.92. The summed E-state index contributed by atoms with van der Waals surface area (Å²) in [5.41, 5.74) is 1.13. The number of methoxy groups -OCH3 is 1. The van der Waals surface area contributed by atoms with Gasteiger partial charge < -0.3 is 10.1 Å². The predicted molar refractivity (Wildman–Crippen MR) is 78.4 cm³/mol. The lowest BCUT2D eigenvalue weighted by Gasteiger charge is -2.36. The fourth-order valence-electron chi connectivity index (χ4n) is 3.33. The molecule has 0 bridgehead atoms. The van der Waals surface area contributed by atoms with Crippen LogP contribution in [0.1, 0.15) is 62.2 Å². The molecular formula is C15H24N2OS. The molecule has 0 aromatic carbocycles. The average molecular weight is 280 g/mol. The SMILES string of the molecule is COC1(c2nc(C3CCCN3)cs2)CCC(C)CC1. The van der Waals surface area contributed by atoms with E-state index >= 15 is 0 Å². The lowest BCUT2D eigenvalue weighted by atomic mass is 9.80. The van der Waals surface area contributed by atoms with Crippen molar-refractivity contribution in [2.45, 2.75) is 57.1 Å². The van der Waals surface area contributed by atoms with Gasteiger partial charge >= 0.3 is 0 Å². The van der Waals surface area contributed by atoms with E-state index in [0.29, 0.717) is 6.04 Å². The van der Waals surface area contributed by atoms with Gasteiger partial charge in [-0.2, -0.15) is 0 Å². The van der Waals surface area contributed by atoms with E-state index in [1.165, 1.54) is 36.4 Å².